The number of piperidine rings is 1. The smallest absolute Gasteiger partial charge is 0.124 e. The fraction of sp³-hybridized carbons (Fsp3) is 0.600. The summed E-state index contributed by atoms with van der Waals surface area (Å²) >= 11 is 0. The summed E-state index contributed by atoms with van der Waals surface area (Å²) in [6.45, 7) is 3.86. The molecule has 0 radical (unpaired) electrons. The maximum atomic E-state index is 10.00. The largest absolute Gasteiger partial charge is 0.508 e. The van der Waals surface area contributed by atoms with Gasteiger partial charge in [0.1, 0.15) is 11.5 Å². The minimum Gasteiger partial charge on any atom is -0.508 e. The van der Waals surface area contributed by atoms with Crippen molar-refractivity contribution in [3.05, 3.63) is 23.8 Å². The maximum absolute atomic E-state index is 10.00. The highest BCUT2D eigenvalue weighted by molar-refractivity contribution is 5.40. The van der Waals surface area contributed by atoms with Crippen LogP contribution in [0.2, 0.25) is 0 Å². The van der Waals surface area contributed by atoms with Crippen LogP contribution in [0.25, 0.3) is 0 Å². The Morgan fingerprint density at radius 2 is 2.16 bits per heavy atom. The molecule has 2 unspecified atom stereocenters. The van der Waals surface area contributed by atoms with Crippen molar-refractivity contribution in [2.24, 2.45) is 5.73 Å². The molecule has 1 aliphatic rings. The molecule has 0 aromatic heterocycles. The first kappa shape index (κ1) is 14.2. The Balaban J connectivity index is 2.18. The highest BCUT2D eigenvalue weighted by atomic mass is 16.3. The molecule has 4 N–H and O–H groups in total. The third-order valence-corrected chi connectivity index (χ3v) is 4.13. The number of aromatic hydroxyl groups is 2. The third kappa shape index (κ3) is 3.19. The van der Waals surface area contributed by atoms with Gasteiger partial charge in [-0.3, -0.25) is 4.90 Å². The van der Waals surface area contributed by atoms with Crippen molar-refractivity contribution < 1.29 is 10.2 Å². The van der Waals surface area contributed by atoms with E-state index in [0.29, 0.717) is 12.6 Å². The molecule has 1 heterocycles. The van der Waals surface area contributed by atoms with Gasteiger partial charge in [0, 0.05) is 23.7 Å². The number of phenols is 2. The fourth-order valence-corrected chi connectivity index (χ4v) is 3.10. The Morgan fingerprint density at radius 3 is 2.84 bits per heavy atom. The number of benzene rings is 1. The number of phenolic OH excluding ortho intramolecular Hbond substituents is 2. The van der Waals surface area contributed by atoms with Crippen molar-refractivity contribution >= 4 is 0 Å². The van der Waals surface area contributed by atoms with E-state index in [1.807, 2.05) is 6.07 Å². The average molecular weight is 264 g/mol. The number of likely N-dealkylation sites (tertiary alicyclic amines) is 1. The van der Waals surface area contributed by atoms with Crippen LogP contribution in [-0.4, -0.2) is 34.2 Å². The summed E-state index contributed by atoms with van der Waals surface area (Å²) in [7, 11) is 0. The first-order chi connectivity index (χ1) is 9.13. The van der Waals surface area contributed by atoms with E-state index >= 15 is 0 Å². The minimum absolute atomic E-state index is 0.102. The summed E-state index contributed by atoms with van der Waals surface area (Å²) < 4.78 is 0. The van der Waals surface area contributed by atoms with Crippen LogP contribution in [0.15, 0.2) is 18.2 Å². The van der Waals surface area contributed by atoms with Gasteiger partial charge in [0.25, 0.3) is 0 Å². The van der Waals surface area contributed by atoms with Gasteiger partial charge in [-0.15, -0.1) is 0 Å². The van der Waals surface area contributed by atoms with Crippen LogP contribution in [0.5, 0.6) is 11.5 Å². The lowest BCUT2D eigenvalue weighted by Gasteiger charge is -2.40. The van der Waals surface area contributed by atoms with E-state index in [9.17, 15) is 10.2 Å². The van der Waals surface area contributed by atoms with Gasteiger partial charge < -0.3 is 15.9 Å². The molecule has 1 aliphatic heterocycles. The molecule has 4 nitrogen and oxygen atoms in total. The zero-order chi connectivity index (χ0) is 13.8. The van der Waals surface area contributed by atoms with Crippen LogP contribution in [0.1, 0.15) is 44.2 Å². The highest BCUT2D eigenvalue weighted by Crippen LogP contribution is 2.35. The standard InChI is InChI=1S/C15H24N2O2/c1-11(14-6-5-13(18)10-15(14)19)17-9-3-2-4-12(17)7-8-16/h5-6,10-12,18-19H,2-4,7-9,16H2,1H3. The number of rotatable bonds is 4. The summed E-state index contributed by atoms with van der Waals surface area (Å²) in [6.07, 6.45) is 4.64. The van der Waals surface area contributed by atoms with Crippen molar-refractivity contribution in [2.75, 3.05) is 13.1 Å². The van der Waals surface area contributed by atoms with Crippen LogP contribution in [0, 0.1) is 0 Å². The van der Waals surface area contributed by atoms with Gasteiger partial charge in [0.15, 0.2) is 0 Å². The fourth-order valence-electron chi connectivity index (χ4n) is 3.10. The number of hydrogen-bond donors (Lipinski definition) is 3. The molecule has 0 saturated carbocycles. The van der Waals surface area contributed by atoms with Gasteiger partial charge in [0.05, 0.1) is 0 Å². The Kier molecular flexibility index (Phi) is 4.66. The molecule has 0 bridgehead atoms. The zero-order valence-electron chi connectivity index (χ0n) is 11.5. The Hall–Kier alpha value is -1.26. The van der Waals surface area contributed by atoms with E-state index in [4.69, 9.17) is 5.73 Å². The molecule has 0 spiro atoms. The molecule has 106 valence electrons. The van der Waals surface area contributed by atoms with Crippen LogP contribution in [-0.2, 0) is 0 Å². The normalized spacial score (nSPS) is 22.3. The van der Waals surface area contributed by atoms with Crippen molar-refractivity contribution in [1.29, 1.82) is 0 Å². The lowest BCUT2D eigenvalue weighted by Crippen LogP contribution is -2.42. The van der Waals surface area contributed by atoms with Gasteiger partial charge in [-0.2, -0.15) is 0 Å². The minimum atomic E-state index is 0.102. The molecule has 0 amide bonds. The number of nitrogens with zero attached hydrogens (tertiary/aromatic N) is 1. The molecule has 19 heavy (non-hydrogen) atoms. The van der Waals surface area contributed by atoms with Crippen molar-refractivity contribution in [1.82, 2.24) is 4.90 Å². The van der Waals surface area contributed by atoms with Crippen molar-refractivity contribution in [3.8, 4) is 11.5 Å². The Labute approximate surface area is 114 Å². The van der Waals surface area contributed by atoms with Gasteiger partial charge in [-0.05, 0) is 45.3 Å². The number of nitrogens with two attached hydrogens (primary N) is 1. The molecule has 0 aliphatic carbocycles. The molecule has 1 aromatic rings. The summed E-state index contributed by atoms with van der Waals surface area (Å²) in [5.41, 5.74) is 6.58. The predicted octanol–water partition coefficient (Wildman–Crippen LogP) is 2.36. The average Bonchev–Trinajstić information content (AvgIpc) is 2.39. The third-order valence-electron chi connectivity index (χ3n) is 4.13. The van der Waals surface area contributed by atoms with E-state index in [1.165, 1.54) is 25.3 Å². The topological polar surface area (TPSA) is 69.7 Å². The molecule has 2 atom stereocenters. The first-order valence-electron chi connectivity index (χ1n) is 7.11. The molecule has 4 heteroatoms. The summed E-state index contributed by atoms with van der Waals surface area (Å²) in [6, 6.07) is 5.50. The summed E-state index contributed by atoms with van der Waals surface area (Å²) in [4.78, 5) is 2.43. The Morgan fingerprint density at radius 1 is 1.37 bits per heavy atom. The second-order valence-electron chi connectivity index (χ2n) is 5.38. The number of hydrogen-bond acceptors (Lipinski definition) is 4. The quantitative estimate of drug-likeness (QED) is 0.781. The lowest BCUT2D eigenvalue weighted by atomic mass is 9.95. The van der Waals surface area contributed by atoms with Crippen LogP contribution < -0.4 is 5.73 Å². The lowest BCUT2D eigenvalue weighted by molar-refractivity contribution is 0.0971. The zero-order valence-corrected chi connectivity index (χ0v) is 11.5. The van der Waals surface area contributed by atoms with Crippen LogP contribution in [0.3, 0.4) is 0 Å². The molecule has 1 saturated heterocycles. The Bertz CT molecular complexity index is 421. The summed E-state index contributed by atoms with van der Waals surface area (Å²) in [5, 5.41) is 19.4. The SMILES string of the molecule is CC(c1ccc(O)cc1O)N1CCCCC1CCN. The molecular formula is C15H24N2O2. The molecule has 1 aromatic carbocycles. The molecule has 2 rings (SSSR count). The van der Waals surface area contributed by atoms with Gasteiger partial charge in [-0.1, -0.05) is 12.5 Å². The first-order valence-corrected chi connectivity index (χ1v) is 7.11. The maximum Gasteiger partial charge on any atom is 0.124 e. The van der Waals surface area contributed by atoms with E-state index in [-0.39, 0.29) is 17.5 Å². The van der Waals surface area contributed by atoms with E-state index in [1.54, 1.807) is 6.07 Å². The summed E-state index contributed by atoms with van der Waals surface area (Å²) in [5.74, 6) is 0.273. The molecular weight excluding hydrogens is 240 g/mol. The van der Waals surface area contributed by atoms with Crippen molar-refractivity contribution in [2.45, 2.75) is 44.7 Å². The second kappa shape index (κ2) is 6.26. The van der Waals surface area contributed by atoms with E-state index < -0.39 is 0 Å². The van der Waals surface area contributed by atoms with Gasteiger partial charge in [0.2, 0.25) is 0 Å². The van der Waals surface area contributed by atoms with E-state index in [0.717, 1.165) is 18.5 Å². The van der Waals surface area contributed by atoms with Gasteiger partial charge in [-0.25, -0.2) is 0 Å². The highest BCUT2D eigenvalue weighted by Gasteiger charge is 2.27. The predicted molar refractivity (Wildman–Crippen MR) is 76.2 cm³/mol. The van der Waals surface area contributed by atoms with Gasteiger partial charge >= 0.3 is 0 Å². The van der Waals surface area contributed by atoms with Crippen LogP contribution >= 0.6 is 0 Å². The second-order valence-corrected chi connectivity index (χ2v) is 5.38. The monoisotopic (exact) mass is 264 g/mol. The van der Waals surface area contributed by atoms with E-state index in [2.05, 4.69) is 11.8 Å². The van der Waals surface area contributed by atoms with Crippen LogP contribution in [0.4, 0.5) is 0 Å². The molecule has 1 fully saturated rings. The van der Waals surface area contributed by atoms with Crippen molar-refractivity contribution in [3.63, 3.8) is 0 Å².